The Hall–Kier alpha value is -1.41. The molecule has 1 saturated carbocycles. The average molecular weight is 340 g/mol. The van der Waals surface area contributed by atoms with Crippen molar-refractivity contribution in [1.82, 2.24) is 14.5 Å². The summed E-state index contributed by atoms with van der Waals surface area (Å²) in [5.74, 6) is 0.885. The van der Waals surface area contributed by atoms with Gasteiger partial charge in [-0.25, -0.2) is 12.7 Å². The number of aromatic nitrogens is 2. The Bertz CT molecular complexity index is 656. The molecule has 1 aromatic heterocycles. The van der Waals surface area contributed by atoms with Crippen LogP contribution >= 0.6 is 0 Å². The number of carbonyl (C=O) groups is 1. The van der Waals surface area contributed by atoms with E-state index in [1.165, 1.54) is 36.2 Å². The molecule has 2 fully saturated rings. The van der Waals surface area contributed by atoms with Crippen molar-refractivity contribution in [3.8, 4) is 0 Å². The molecule has 0 bridgehead atoms. The number of hydrogen-bond acceptors (Lipinski definition) is 4. The molecule has 23 heavy (non-hydrogen) atoms. The summed E-state index contributed by atoms with van der Waals surface area (Å²) in [4.78, 5) is 12.3. The fraction of sp³-hybridized carbons (Fsp3) is 0.733. The number of amides is 1. The summed E-state index contributed by atoms with van der Waals surface area (Å²) < 4.78 is 24.4. The van der Waals surface area contributed by atoms with Crippen molar-refractivity contribution in [2.75, 3.05) is 24.7 Å². The van der Waals surface area contributed by atoms with Crippen LogP contribution in [0.2, 0.25) is 0 Å². The molecule has 1 amide bonds. The number of anilines is 1. The molecule has 128 valence electrons. The highest BCUT2D eigenvalue weighted by molar-refractivity contribution is 7.88. The molecule has 1 aliphatic heterocycles. The summed E-state index contributed by atoms with van der Waals surface area (Å²) in [6.07, 6.45) is 7.19. The van der Waals surface area contributed by atoms with E-state index in [-0.39, 0.29) is 11.8 Å². The smallest absolute Gasteiger partial charge is 0.228 e. The third-order valence-corrected chi connectivity index (χ3v) is 6.24. The molecule has 0 spiro atoms. The fourth-order valence-electron chi connectivity index (χ4n) is 3.52. The van der Waals surface area contributed by atoms with E-state index in [4.69, 9.17) is 0 Å². The van der Waals surface area contributed by atoms with Gasteiger partial charge < -0.3 is 5.32 Å². The van der Waals surface area contributed by atoms with Crippen LogP contribution in [-0.4, -0.2) is 48.2 Å². The number of rotatable bonds is 4. The quantitative estimate of drug-likeness (QED) is 0.872. The summed E-state index contributed by atoms with van der Waals surface area (Å²) in [7, 11) is -3.16. The summed E-state index contributed by atoms with van der Waals surface area (Å²) in [6, 6.07) is 1.93. The van der Waals surface area contributed by atoms with Crippen LogP contribution in [0.1, 0.15) is 50.1 Å². The Kier molecular flexibility index (Phi) is 4.72. The SMILES string of the molecule is CS(=O)(=O)N1CCC(C(=O)Nc2cc(C3CCCC3)[nH]n2)CC1. The molecule has 2 aliphatic rings. The van der Waals surface area contributed by atoms with Crippen LogP contribution in [0, 0.1) is 5.92 Å². The summed E-state index contributed by atoms with van der Waals surface area (Å²) in [5.41, 5.74) is 1.10. The molecule has 0 atom stereocenters. The van der Waals surface area contributed by atoms with Crippen molar-refractivity contribution in [2.45, 2.75) is 44.4 Å². The first-order valence-corrected chi connectivity index (χ1v) is 10.1. The van der Waals surface area contributed by atoms with E-state index in [9.17, 15) is 13.2 Å². The number of piperidine rings is 1. The van der Waals surface area contributed by atoms with Crippen molar-refractivity contribution in [1.29, 1.82) is 0 Å². The number of H-pyrrole nitrogens is 1. The topological polar surface area (TPSA) is 95.2 Å². The number of sulfonamides is 1. The summed E-state index contributed by atoms with van der Waals surface area (Å²) in [6.45, 7) is 0.815. The van der Waals surface area contributed by atoms with Crippen molar-refractivity contribution in [3.05, 3.63) is 11.8 Å². The lowest BCUT2D eigenvalue weighted by Gasteiger charge is -2.29. The standard InChI is InChI=1S/C15H24N4O3S/c1-23(21,22)19-8-6-12(7-9-19)15(20)16-14-10-13(17-18-14)11-4-2-3-5-11/h10-12H,2-9H2,1H3,(H2,16,17,18,20). The first kappa shape index (κ1) is 16.4. The second-order valence-corrected chi connectivity index (χ2v) is 8.60. The van der Waals surface area contributed by atoms with Gasteiger partial charge in [-0.05, 0) is 25.7 Å². The summed E-state index contributed by atoms with van der Waals surface area (Å²) >= 11 is 0. The van der Waals surface area contributed by atoms with Crippen LogP contribution < -0.4 is 5.32 Å². The number of aromatic amines is 1. The van der Waals surface area contributed by atoms with Crippen LogP contribution in [0.25, 0.3) is 0 Å². The predicted molar refractivity (Wildman–Crippen MR) is 87.6 cm³/mol. The van der Waals surface area contributed by atoms with Gasteiger partial charge in [0.25, 0.3) is 0 Å². The molecule has 1 aromatic rings. The molecule has 3 rings (SSSR count). The highest BCUT2D eigenvalue weighted by Crippen LogP contribution is 2.33. The van der Waals surface area contributed by atoms with Gasteiger partial charge in [0.1, 0.15) is 0 Å². The number of carbonyl (C=O) groups excluding carboxylic acids is 1. The number of nitrogens with zero attached hydrogens (tertiary/aromatic N) is 2. The minimum atomic E-state index is -3.16. The third-order valence-electron chi connectivity index (χ3n) is 4.94. The minimum absolute atomic E-state index is 0.0670. The van der Waals surface area contributed by atoms with Gasteiger partial charge in [0, 0.05) is 36.7 Å². The second kappa shape index (κ2) is 6.60. The zero-order chi connectivity index (χ0) is 16.4. The van der Waals surface area contributed by atoms with Gasteiger partial charge >= 0.3 is 0 Å². The monoisotopic (exact) mass is 340 g/mol. The van der Waals surface area contributed by atoms with Crippen LogP contribution in [0.3, 0.4) is 0 Å². The van der Waals surface area contributed by atoms with Crippen LogP contribution in [0.15, 0.2) is 6.07 Å². The third kappa shape index (κ3) is 3.92. The highest BCUT2D eigenvalue weighted by Gasteiger charge is 2.29. The van der Waals surface area contributed by atoms with E-state index in [1.54, 1.807) is 0 Å². The number of hydrogen-bond donors (Lipinski definition) is 2. The van der Waals surface area contributed by atoms with Gasteiger partial charge in [-0.3, -0.25) is 9.89 Å². The van der Waals surface area contributed by atoms with E-state index < -0.39 is 10.0 Å². The first-order chi connectivity index (χ1) is 10.9. The van der Waals surface area contributed by atoms with Crippen LogP contribution in [-0.2, 0) is 14.8 Å². The summed E-state index contributed by atoms with van der Waals surface area (Å²) in [5, 5.41) is 10.1. The maximum Gasteiger partial charge on any atom is 0.228 e. The van der Waals surface area contributed by atoms with E-state index in [0.717, 1.165) is 5.69 Å². The Labute approximate surface area is 136 Å². The molecular formula is C15H24N4O3S. The van der Waals surface area contributed by atoms with E-state index in [1.807, 2.05) is 6.07 Å². The Morgan fingerprint density at radius 2 is 1.91 bits per heavy atom. The lowest BCUT2D eigenvalue weighted by Crippen LogP contribution is -2.40. The van der Waals surface area contributed by atoms with E-state index in [0.29, 0.717) is 37.7 Å². The maximum atomic E-state index is 12.3. The van der Waals surface area contributed by atoms with Gasteiger partial charge in [-0.15, -0.1) is 0 Å². The maximum absolute atomic E-state index is 12.3. The van der Waals surface area contributed by atoms with Crippen LogP contribution in [0.4, 0.5) is 5.82 Å². The molecule has 0 unspecified atom stereocenters. The van der Waals surface area contributed by atoms with Gasteiger partial charge in [-0.1, -0.05) is 12.8 Å². The lowest BCUT2D eigenvalue weighted by atomic mass is 9.97. The molecule has 2 N–H and O–H groups in total. The van der Waals surface area contributed by atoms with E-state index in [2.05, 4.69) is 15.5 Å². The zero-order valence-corrected chi connectivity index (χ0v) is 14.2. The van der Waals surface area contributed by atoms with Crippen molar-refractivity contribution in [3.63, 3.8) is 0 Å². The predicted octanol–water partition coefficient (Wildman–Crippen LogP) is 1.68. The zero-order valence-electron chi connectivity index (χ0n) is 13.4. The Balaban J connectivity index is 1.54. The van der Waals surface area contributed by atoms with Crippen molar-refractivity contribution in [2.24, 2.45) is 5.92 Å². The molecule has 0 radical (unpaired) electrons. The fourth-order valence-corrected chi connectivity index (χ4v) is 4.40. The Morgan fingerprint density at radius 3 is 2.52 bits per heavy atom. The molecule has 8 heteroatoms. The molecule has 1 aliphatic carbocycles. The normalized spacial score (nSPS) is 21.6. The van der Waals surface area contributed by atoms with Crippen LogP contribution in [0.5, 0.6) is 0 Å². The molecule has 1 saturated heterocycles. The lowest BCUT2D eigenvalue weighted by molar-refractivity contribution is -0.120. The van der Waals surface area contributed by atoms with Gasteiger partial charge in [0.2, 0.25) is 15.9 Å². The molecular weight excluding hydrogens is 316 g/mol. The second-order valence-electron chi connectivity index (χ2n) is 6.62. The first-order valence-electron chi connectivity index (χ1n) is 8.25. The van der Waals surface area contributed by atoms with E-state index >= 15 is 0 Å². The van der Waals surface area contributed by atoms with Gasteiger partial charge in [-0.2, -0.15) is 5.10 Å². The molecule has 7 nitrogen and oxygen atoms in total. The van der Waals surface area contributed by atoms with Crippen molar-refractivity contribution < 1.29 is 13.2 Å². The van der Waals surface area contributed by atoms with Crippen molar-refractivity contribution >= 4 is 21.7 Å². The molecule has 2 heterocycles. The van der Waals surface area contributed by atoms with Gasteiger partial charge in [0.15, 0.2) is 5.82 Å². The average Bonchev–Trinajstić information content (AvgIpc) is 3.17. The highest BCUT2D eigenvalue weighted by atomic mass is 32.2. The minimum Gasteiger partial charge on any atom is -0.309 e. The number of nitrogens with one attached hydrogen (secondary N) is 2. The Morgan fingerprint density at radius 1 is 1.26 bits per heavy atom. The molecule has 0 aromatic carbocycles. The largest absolute Gasteiger partial charge is 0.309 e. The van der Waals surface area contributed by atoms with Gasteiger partial charge in [0.05, 0.1) is 6.26 Å².